The van der Waals surface area contributed by atoms with Crippen molar-refractivity contribution in [1.82, 2.24) is 9.88 Å². The first-order valence-corrected chi connectivity index (χ1v) is 8.14. The van der Waals surface area contributed by atoms with Crippen LogP contribution in [-0.4, -0.2) is 35.0 Å². The van der Waals surface area contributed by atoms with E-state index in [1.807, 2.05) is 30.3 Å². The molecule has 1 fully saturated rings. The van der Waals surface area contributed by atoms with Crippen LogP contribution in [0.4, 0.5) is 13.2 Å². The van der Waals surface area contributed by atoms with Crippen LogP contribution >= 0.6 is 0 Å². The molecule has 7 heteroatoms. The summed E-state index contributed by atoms with van der Waals surface area (Å²) in [7, 11) is 0. The van der Waals surface area contributed by atoms with Gasteiger partial charge in [-0.25, -0.2) is 4.98 Å². The second-order valence-electron chi connectivity index (χ2n) is 5.94. The van der Waals surface area contributed by atoms with Crippen LogP contribution in [0.5, 0.6) is 5.88 Å². The number of carbonyl (C=O) groups excluding carboxylic acids is 1. The van der Waals surface area contributed by atoms with Crippen molar-refractivity contribution < 1.29 is 22.7 Å². The molecule has 1 aromatic carbocycles. The van der Waals surface area contributed by atoms with Crippen molar-refractivity contribution in [2.24, 2.45) is 0 Å². The van der Waals surface area contributed by atoms with Gasteiger partial charge in [-0.3, -0.25) is 4.79 Å². The minimum absolute atomic E-state index is 0.0843. The maximum Gasteiger partial charge on any atom is 0.416 e. The van der Waals surface area contributed by atoms with E-state index in [0.717, 1.165) is 23.9 Å². The van der Waals surface area contributed by atoms with Crippen LogP contribution in [0, 0.1) is 0 Å². The Balaban J connectivity index is 1.57. The molecular weight excluding hydrogens is 345 g/mol. The molecule has 0 radical (unpaired) electrons. The van der Waals surface area contributed by atoms with Gasteiger partial charge in [0.25, 0.3) is 0 Å². The highest BCUT2D eigenvalue weighted by Gasteiger charge is 2.32. The topological polar surface area (TPSA) is 42.4 Å². The van der Waals surface area contributed by atoms with Gasteiger partial charge in [-0.2, -0.15) is 13.2 Å². The second kappa shape index (κ2) is 7.59. The number of pyridine rings is 1. The van der Waals surface area contributed by atoms with Gasteiger partial charge in [0.05, 0.1) is 12.1 Å². The molecule has 0 aliphatic carbocycles. The van der Waals surface area contributed by atoms with E-state index in [0.29, 0.717) is 19.5 Å². The molecule has 1 atom stereocenters. The van der Waals surface area contributed by atoms with Crippen molar-refractivity contribution in [3.05, 3.63) is 65.9 Å². The molecule has 0 spiro atoms. The molecule has 136 valence electrons. The summed E-state index contributed by atoms with van der Waals surface area (Å²) < 4.78 is 43.7. The van der Waals surface area contributed by atoms with E-state index in [4.69, 9.17) is 4.74 Å². The number of rotatable bonds is 4. The van der Waals surface area contributed by atoms with Crippen molar-refractivity contribution in [3.63, 3.8) is 0 Å². The monoisotopic (exact) mass is 362 g/mol. The van der Waals surface area contributed by atoms with Gasteiger partial charge < -0.3 is 9.64 Å². The summed E-state index contributed by atoms with van der Waals surface area (Å²) in [6.45, 7) is 0.803. The molecule has 1 aromatic heterocycles. The Labute approximate surface area is 148 Å². The fourth-order valence-corrected chi connectivity index (χ4v) is 2.68. The Morgan fingerprint density at radius 3 is 2.73 bits per heavy atom. The van der Waals surface area contributed by atoms with Gasteiger partial charge in [0.1, 0.15) is 6.10 Å². The fourth-order valence-electron chi connectivity index (χ4n) is 2.68. The summed E-state index contributed by atoms with van der Waals surface area (Å²) >= 11 is 0. The summed E-state index contributed by atoms with van der Waals surface area (Å²) in [5, 5.41) is 0. The van der Waals surface area contributed by atoms with E-state index in [9.17, 15) is 18.0 Å². The first kappa shape index (κ1) is 18.0. The van der Waals surface area contributed by atoms with Crippen LogP contribution < -0.4 is 4.74 Å². The van der Waals surface area contributed by atoms with Crippen molar-refractivity contribution in [2.75, 3.05) is 13.1 Å². The predicted octanol–water partition coefficient (Wildman–Crippen LogP) is 3.79. The molecule has 2 heterocycles. The number of halogens is 3. The minimum atomic E-state index is -4.44. The van der Waals surface area contributed by atoms with E-state index >= 15 is 0 Å². The lowest BCUT2D eigenvalue weighted by molar-refractivity contribution is -0.137. The molecule has 0 bridgehead atoms. The average molecular weight is 362 g/mol. The number of hydrogen-bond donors (Lipinski definition) is 0. The van der Waals surface area contributed by atoms with Gasteiger partial charge in [-0.05, 0) is 17.7 Å². The SMILES string of the molecule is O=C(/C=C/c1ccccc1)N1CCC(Oc2cc(C(F)(F)F)ccn2)C1. The number of amides is 1. The molecule has 1 aliphatic heterocycles. The number of ether oxygens (including phenoxy) is 1. The van der Waals surface area contributed by atoms with Crippen LogP contribution in [0.2, 0.25) is 0 Å². The number of aromatic nitrogens is 1. The summed E-state index contributed by atoms with van der Waals surface area (Å²) in [5.74, 6) is -0.240. The fraction of sp³-hybridized carbons (Fsp3) is 0.263. The predicted molar refractivity (Wildman–Crippen MR) is 90.3 cm³/mol. The van der Waals surface area contributed by atoms with Crippen LogP contribution in [0.25, 0.3) is 6.08 Å². The summed E-state index contributed by atoms with van der Waals surface area (Å²) in [5.41, 5.74) is 0.111. The summed E-state index contributed by atoms with van der Waals surface area (Å²) in [4.78, 5) is 17.7. The number of carbonyl (C=O) groups is 1. The third kappa shape index (κ3) is 4.62. The maximum atomic E-state index is 12.7. The smallest absolute Gasteiger partial charge is 0.416 e. The summed E-state index contributed by atoms with van der Waals surface area (Å²) in [6.07, 6.45) is 0.00754. The third-order valence-electron chi connectivity index (χ3n) is 4.02. The van der Waals surface area contributed by atoms with E-state index in [1.54, 1.807) is 11.0 Å². The molecule has 0 saturated carbocycles. The van der Waals surface area contributed by atoms with Crippen molar-refractivity contribution in [2.45, 2.75) is 18.7 Å². The van der Waals surface area contributed by atoms with Gasteiger partial charge in [-0.15, -0.1) is 0 Å². The highest BCUT2D eigenvalue weighted by Crippen LogP contribution is 2.31. The van der Waals surface area contributed by atoms with Crippen molar-refractivity contribution in [3.8, 4) is 5.88 Å². The first-order valence-electron chi connectivity index (χ1n) is 8.14. The van der Waals surface area contributed by atoms with Crippen molar-refractivity contribution in [1.29, 1.82) is 0 Å². The average Bonchev–Trinajstić information content (AvgIpc) is 3.09. The molecule has 1 unspecified atom stereocenters. The van der Waals surface area contributed by atoms with Crippen LogP contribution in [0.15, 0.2) is 54.7 Å². The zero-order valence-corrected chi connectivity index (χ0v) is 13.8. The van der Waals surface area contributed by atoms with Crippen LogP contribution in [0.1, 0.15) is 17.5 Å². The van der Waals surface area contributed by atoms with Gasteiger partial charge >= 0.3 is 6.18 Å². The molecule has 3 rings (SSSR count). The molecule has 1 saturated heterocycles. The van der Waals surface area contributed by atoms with E-state index < -0.39 is 11.7 Å². The molecule has 4 nitrogen and oxygen atoms in total. The Morgan fingerprint density at radius 2 is 2.00 bits per heavy atom. The number of alkyl halides is 3. The maximum absolute atomic E-state index is 12.7. The van der Waals surface area contributed by atoms with Gasteiger partial charge in [0.2, 0.25) is 11.8 Å². The van der Waals surface area contributed by atoms with Gasteiger partial charge in [0, 0.05) is 31.3 Å². The molecule has 0 N–H and O–H groups in total. The lowest BCUT2D eigenvalue weighted by atomic mass is 10.2. The first-order chi connectivity index (χ1) is 12.4. The molecule has 1 aliphatic rings. The molecule has 26 heavy (non-hydrogen) atoms. The summed E-state index contributed by atoms with van der Waals surface area (Å²) in [6, 6.07) is 11.2. The van der Waals surface area contributed by atoms with E-state index in [2.05, 4.69) is 4.98 Å². The number of hydrogen-bond acceptors (Lipinski definition) is 3. The lowest BCUT2D eigenvalue weighted by Gasteiger charge is -2.16. The molecule has 1 amide bonds. The normalized spacial score (nSPS) is 17.7. The quantitative estimate of drug-likeness (QED) is 0.777. The van der Waals surface area contributed by atoms with E-state index in [1.165, 1.54) is 6.08 Å². The highest BCUT2D eigenvalue weighted by atomic mass is 19.4. The Bertz CT molecular complexity index is 791. The van der Waals surface area contributed by atoms with Gasteiger partial charge in [-0.1, -0.05) is 30.3 Å². The third-order valence-corrected chi connectivity index (χ3v) is 4.02. The van der Waals surface area contributed by atoms with Crippen LogP contribution in [0.3, 0.4) is 0 Å². The standard InChI is InChI=1S/C19H17F3N2O2/c20-19(21,22)15-8-10-23-17(12-15)26-16-9-11-24(13-16)18(25)7-6-14-4-2-1-3-5-14/h1-8,10,12,16H,9,11,13H2/b7-6+. The Morgan fingerprint density at radius 1 is 1.23 bits per heavy atom. The number of nitrogens with zero attached hydrogens (tertiary/aromatic N) is 2. The van der Waals surface area contributed by atoms with Gasteiger partial charge in [0.15, 0.2) is 0 Å². The largest absolute Gasteiger partial charge is 0.472 e. The number of likely N-dealkylation sites (tertiary alicyclic amines) is 1. The zero-order chi connectivity index (χ0) is 18.6. The van der Waals surface area contributed by atoms with Crippen molar-refractivity contribution >= 4 is 12.0 Å². The highest BCUT2D eigenvalue weighted by molar-refractivity contribution is 5.92. The Hall–Kier alpha value is -2.83. The zero-order valence-electron chi connectivity index (χ0n) is 13.8. The van der Waals surface area contributed by atoms with E-state index in [-0.39, 0.29) is 17.9 Å². The molecule has 2 aromatic rings. The molecular formula is C19H17F3N2O2. The Kier molecular flexibility index (Phi) is 5.25. The van der Waals surface area contributed by atoms with Crippen LogP contribution in [-0.2, 0) is 11.0 Å². The number of benzene rings is 1. The lowest BCUT2D eigenvalue weighted by Crippen LogP contribution is -2.29. The second-order valence-corrected chi connectivity index (χ2v) is 5.94. The minimum Gasteiger partial charge on any atom is -0.472 e.